The molecule has 0 bridgehead atoms. The van der Waals surface area contributed by atoms with E-state index in [1.165, 1.54) is 22.6 Å². The lowest BCUT2D eigenvalue weighted by Crippen LogP contribution is -2.15. The van der Waals surface area contributed by atoms with Crippen molar-refractivity contribution in [1.82, 2.24) is 0 Å². The van der Waals surface area contributed by atoms with Gasteiger partial charge < -0.3 is 0 Å². The fourth-order valence-corrected chi connectivity index (χ4v) is 3.65. The molecule has 0 amide bonds. The average Bonchev–Trinajstić information content (AvgIpc) is 2.60. The van der Waals surface area contributed by atoms with Crippen LogP contribution in [-0.2, 0) is 5.41 Å². The molecule has 1 aliphatic carbocycles. The summed E-state index contributed by atoms with van der Waals surface area (Å²) in [5, 5.41) is 0.396. The van der Waals surface area contributed by atoms with Crippen molar-refractivity contribution in [2.75, 3.05) is 0 Å². The number of aryl methyl sites for hydroxylation is 1. The Morgan fingerprint density at radius 1 is 1.54 bits per heavy atom. The van der Waals surface area contributed by atoms with Gasteiger partial charge in [0.15, 0.2) is 0 Å². The zero-order valence-electron chi connectivity index (χ0n) is 8.14. The van der Waals surface area contributed by atoms with E-state index in [0.29, 0.717) is 10.8 Å². The molecule has 0 aliphatic heterocycles. The number of hydrogen-bond donors (Lipinski definition) is 0. The molecule has 1 heterocycles. The fraction of sp³-hybridized carbons (Fsp3) is 0.636. The zero-order chi connectivity index (χ0) is 9.47. The molecular weight excluding hydrogens is 200 g/mol. The maximum absolute atomic E-state index is 6.16. The number of halogens is 1. The average molecular weight is 215 g/mol. The van der Waals surface area contributed by atoms with E-state index >= 15 is 0 Å². The van der Waals surface area contributed by atoms with E-state index < -0.39 is 0 Å². The molecule has 2 unspecified atom stereocenters. The van der Waals surface area contributed by atoms with Crippen molar-refractivity contribution in [2.45, 2.75) is 43.9 Å². The Labute approximate surface area is 88.9 Å². The summed E-state index contributed by atoms with van der Waals surface area (Å²) in [6, 6.07) is 4.49. The van der Waals surface area contributed by atoms with Crippen LogP contribution in [-0.4, -0.2) is 5.38 Å². The van der Waals surface area contributed by atoms with Gasteiger partial charge in [-0.2, -0.15) is 0 Å². The van der Waals surface area contributed by atoms with Crippen molar-refractivity contribution in [3.05, 3.63) is 21.9 Å². The topological polar surface area (TPSA) is 0 Å². The molecule has 2 rings (SSSR count). The summed E-state index contributed by atoms with van der Waals surface area (Å²) in [5.41, 5.74) is 0.366. The van der Waals surface area contributed by atoms with Crippen molar-refractivity contribution < 1.29 is 0 Å². The zero-order valence-corrected chi connectivity index (χ0v) is 9.71. The van der Waals surface area contributed by atoms with Crippen molar-refractivity contribution in [3.8, 4) is 0 Å². The molecule has 0 spiro atoms. The minimum Gasteiger partial charge on any atom is -0.145 e. The van der Waals surface area contributed by atoms with Gasteiger partial charge in [-0.3, -0.25) is 0 Å². The van der Waals surface area contributed by atoms with E-state index in [4.69, 9.17) is 11.6 Å². The number of hydrogen-bond acceptors (Lipinski definition) is 1. The second-order valence-corrected chi connectivity index (χ2v) is 6.22. The molecule has 1 aromatic rings. The predicted molar refractivity (Wildman–Crippen MR) is 59.9 cm³/mol. The van der Waals surface area contributed by atoms with Gasteiger partial charge in [0, 0.05) is 20.5 Å². The first kappa shape index (κ1) is 9.54. The second kappa shape index (κ2) is 3.29. The summed E-state index contributed by atoms with van der Waals surface area (Å²) in [5.74, 6) is 0. The summed E-state index contributed by atoms with van der Waals surface area (Å²) in [4.78, 5) is 2.93. The van der Waals surface area contributed by atoms with Gasteiger partial charge in [-0.25, -0.2) is 0 Å². The Morgan fingerprint density at radius 3 is 2.77 bits per heavy atom. The van der Waals surface area contributed by atoms with Gasteiger partial charge in [-0.15, -0.1) is 22.9 Å². The molecule has 0 aromatic carbocycles. The number of alkyl halides is 1. The normalized spacial score (nSPS) is 33.9. The van der Waals surface area contributed by atoms with E-state index in [9.17, 15) is 0 Å². The van der Waals surface area contributed by atoms with Gasteiger partial charge >= 0.3 is 0 Å². The Balaban J connectivity index is 2.25. The van der Waals surface area contributed by atoms with E-state index in [-0.39, 0.29) is 0 Å². The predicted octanol–water partition coefficient (Wildman–Crippen LogP) is 4.11. The van der Waals surface area contributed by atoms with Crippen LogP contribution in [0.5, 0.6) is 0 Å². The molecule has 1 fully saturated rings. The lowest BCUT2D eigenvalue weighted by Gasteiger charge is -2.21. The van der Waals surface area contributed by atoms with E-state index in [1.54, 1.807) is 0 Å². The highest BCUT2D eigenvalue weighted by Gasteiger charge is 2.36. The molecular formula is C11H15ClS. The Kier molecular flexibility index (Phi) is 2.41. The first-order valence-corrected chi connectivity index (χ1v) is 6.06. The molecule has 0 radical (unpaired) electrons. The fourth-order valence-electron chi connectivity index (χ4n) is 2.15. The summed E-state index contributed by atoms with van der Waals surface area (Å²) in [7, 11) is 0. The van der Waals surface area contributed by atoms with Crippen LogP contribution < -0.4 is 0 Å². The lowest BCUT2D eigenvalue weighted by molar-refractivity contribution is 0.503. The quantitative estimate of drug-likeness (QED) is 0.618. The molecule has 1 aliphatic rings. The maximum Gasteiger partial charge on any atom is 0.0345 e. The number of thiophene rings is 1. The molecule has 0 saturated heterocycles. The molecule has 13 heavy (non-hydrogen) atoms. The smallest absolute Gasteiger partial charge is 0.0345 e. The third-order valence-corrected chi connectivity index (χ3v) is 4.70. The van der Waals surface area contributed by atoms with E-state index in [2.05, 4.69) is 26.0 Å². The minimum absolute atomic E-state index is 0.366. The van der Waals surface area contributed by atoms with Crippen molar-refractivity contribution in [2.24, 2.45) is 0 Å². The van der Waals surface area contributed by atoms with E-state index in [1.807, 2.05) is 11.3 Å². The monoisotopic (exact) mass is 214 g/mol. The van der Waals surface area contributed by atoms with Crippen molar-refractivity contribution in [1.29, 1.82) is 0 Å². The molecule has 72 valence electrons. The maximum atomic E-state index is 6.16. The first-order valence-electron chi connectivity index (χ1n) is 4.81. The van der Waals surface area contributed by atoms with Gasteiger partial charge in [0.25, 0.3) is 0 Å². The SMILES string of the molecule is Cc1ccc(C2(C)CCC(Cl)C2)s1. The highest BCUT2D eigenvalue weighted by Crippen LogP contribution is 2.45. The Morgan fingerprint density at radius 2 is 2.31 bits per heavy atom. The van der Waals surface area contributed by atoms with Crippen LogP contribution in [0.4, 0.5) is 0 Å². The van der Waals surface area contributed by atoms with Gasteiger partial charge in [-0.1, -0.05) is 6.92 Å². The van der Waals surface area contributed by atoms with Crippen LogP contribution in [0.25, 0.3) is 0 Å². The Bertz CT molecular complexity index is 305. The Hall–Kier alpha value is -0.0100. The molecule has 1 aromatic heterocycles. The van der Waals surface area contributed by atoms with Crippen LogP contribution >= 0.6 is 22.9 Å². The van der Waals surface area contributed by atoms with Gasteiger partial charge in [0.1, 0.15) is 0 Å². The van der Waals surface area contributed by atoms with Crippen LogP contribution in [0.3, 0.4) is 0 Å². The molecule has 0 N–H and O–H groups in total. The molecule has 0 nitrogen and oxygen atoms in total. The second-order valence-electron chi connectivity index (χ2n) is 4.31. The van der Waals surface area contributed by atoms with Crippen molar-refractivity contribution in [3.63, 3.8) is 0 Å². The highest BCUT2D eigenvalue weighted by atomic mass is 35.5. The van der Waals surface area contributed by atoms with Gasteiger partial charge in [-0.05, 0) is 38.3 Å². The van der Waals surface area contributed by atoms with Crippen LogP contribution in [0.15, 0.2) is 12.1 Å². The van der Waals surface area contributed by atoms with Crippen molar-refractivity contribution >= 4 is 22.9 Å². The van der Waals surface area contributed by atoms with E-state index in [0.717, 1.165) is 6.42 Å². The lowest BCUT2D eigenvalue weighted by atomic mass is 9.87. The number of rotatable bonds is 1. The molecule has 2 atom stereocenters. The van der Waals surface area contributed by atoms with Crippen LogP contribution in [0, 0.1) is 6.92 Å². The van der Waals surface area contributed by atoms with Gasteiger partial charge in [0.2, 0.25) is 0 Å². The minimum atomic E-state index is 0.366. The highest BCUT2D eigenvalue weighted by molar-refractivity contribution is 7.12. The molecule has 2 heteroatoms. The van der Waals surface area contributed by atoms with Crippen LogP contribution in [0.1, 0.15) is 35.9 Å². The summed E-state index contributed by atoms with van der Waals surface area (Å²) >= 11 is 8.09. The summed E-state index contributed by atoms with van der Waals surface area (Å²) in [6.07, 6.45) is 3.57. The third-order valence-electron chi connectivity index (χ3n) is 3.02. The van der Waals surface area contributed by atoms with Gasteiger partial charge in [0.05, 0.1) is 0 Å². The van der Waals surface area contributed by atoms with Crippen LogP contribution in [0.2, 0.25) is 0 Å². The third kappa shape index (κ3) is 1.77. The largest absolute Gasteiger partial charge is 0.145 e. The summed E-state index contributed by atoms with van der Waals surface area (Å²) in [6.45, 7) is 4.52. The first-order chi connectivity index (χ1) is 6.10. The standard InChI is InChI=1S/C11H15ClS/c1-8-3-4-10(13-8)11(2)6-5-9(12)7-11/h3-4,9H,5-7H2,1-2H3. The molecule has 1 saturated carbocycles. The summed E-state index contributed by atoms with van der Waals surface area (Å²) < 4.78 is 0.